The minimum Gasteiger partial charge on any atom is -0.463 e. The van der Waals surface area contributed by atoms with E-state index in [4.69, 9.17) is 9.15 Å². The Hall–Kier alpha value is -2.66. The number of aryl methyl sites for hydroxylation is 1. The molecule has 5 nitrogen and oxygen atoms in total. The quantitative estimate of drug-likeness (QED) is 0.704. The third kappa shape index (κ3) is 3.46. The number of hydrogen-bond acceptors (Lipinski definition) is 4. The number of rotatable bonds is 6. The Balaban J connectivity index is 2.00. The average Bonchev–Trinajstić information content (AvgIpc) is 3.12. The van der Waals surface area contributed by atoms with Crippen LogP contribution in [0.2, 0.25) is 0 Å². The Morgan fingerprint density at radius 1 is 1.29 bits per heavy atom. The maximum Gasteiger partial charge on any atom is 0.252 e. The second-order valence-electron chi connectivity index (χ2n) is 5.66. The number of nitrogens with one attached hydrogen (secondary N) is 1. The molecule has 3 rings (SSSR count). The van der Waals surface area contributed by atoms with Gasteiger partial charge in [0.15, 0.2) is 5.76 Å². The molecule has 0 saturated heterocycles. The van der Waals surface area contributed by atoms with E-state index in [0.717, 1.165) is 22.9 Å². The van der Waals surface area contributed by atoms with Crippen LogP contribution in [0.3, 0.4) is 0 Å². The average molecular weight is 324 g/mol. The molecule has 2 heterocycles. The van der Waals surface area contributed by atoms with Crippen LogP contribution in [0.1, 0.15) is 22.3 Å². The molecule has 1 aromatic carbocycles. The molecule has 1 N–H and O–H groups in total. The van der Waals surface area contributed by atoms with Crippen molar-refractivity contribution in [2.24, 2.45) is 0 Å². The molecular weight excluding hydrogens is 304 g/mol. The minimum absolute atomic E-state index is 0.114. The van der Waals surface area contributed by atoms with E-state index < -0.39 is 0 Å². The molecule has 0 atom stereocenters. The molecule has 1 amide bonds. The lowest BCUT2D eigenvalue weighted by Gasteiger charge is -2.10. The first-order valence-corrected chi connectivity index (χ1v) is 7.91. The van der Waals surface area contributed by atoms with Gasteiger partial charge in [-0.25, -0.2) is 4.98 Å². The fourth-order valence-electron chi connectivity index (χ4n) is 2.59. The summed E-state index contributed by atoms with van der Waals surface area (Å²) in [6.07, 6.45) is 2.37. The maximum absolute atomic E-state index is 12.6. The minimum atomic E-state index is -0.114. The molecule has 0 bridgehead atoms. The Kier molecular flexibility index (Phi) is 4.91. The lowest BCUT2D eigenvalue weighted by Crippen LogP contribution is -2.25. The zero-order valence-corrected chi connectivity index (χ0v) is 13.8. The van der Waals surface area contributed by atoms with Gasteiger partial charge in [0.25, 0.3) is 5.91 Å². The van der Waals surface area contributed by atoms with E-state index in [9.17, 15) is 4.79 Å². The van der Waals surface area contributed by atoms with Crippen LogP contribution in [-0.4, -0.2) is 31.2 Å². The highest BCUT2D eigenvalue weighted by molar-refractivity contribution is 6.07. The van der Waals surface area contributed by atoms with Crippen molar-refractivity contribution in [3.8, 4) is 11.5 Å². The van der Waals surface area contributed by atoms with Gasteiger partial charge >= 0.3 is 0 Å². The van der Waals surface area contributed by atoms with Gasteiger partial charge in [-0.15, -0.1) is 0 Å². The van der Waals surface area contributed by atoms with E-state index >= 15 is 0 Å². The monoisotopic (exact) mass is 324 g/mol. The van der Waals surface area contributed by atoms with E-state index in [-0.39, 0.29) is 5.91 Å². The fourth-order valence-corrected chi connectivity index (χ4v) is 2.59. The Labute approximate surface area is 140 Å². The molecule has 2 aromatic heterocycles. The molecule has 3 aromatic rings. The van der Waals surface area contributed by atoms with Gasteiger partial charge in [-0.05, 0) is 43.7 Å². The molecule has 0 spiro atoms. The molecule has 0 radical (unpaired) electrons. The first kappa shape index (κ1) is 16.2. The molecule has 5 heteroatoms. The number of aromatic nitrogens is 1. The van der Waals surface area contributed by atoms with Gasteiger partial charge in [0.05, 0.1) is 17.3 Å². The molecule has 0 unspecified atom stereocenters. The van der Waals surface area contributed by atoms with E-state index in [2.05, 4.69) is 10.3 Å². The Morgan fingerprint density at radius 3 is 2.92 bits per heavy atom. The molecule has 0 fully saturated rings. The van der Waals surface area contributed by atoms with Crippen molar-refractivity contribution in [3.05, 3.63) is 53.8 Å². The normalized spacial score (nSPS) is 10.9. The SMILES string of the molecule is COCCCNC(=O)c1cc(-c2ccco2)nc2ccc(C)cc12. The number of ether oxygens (including phenoxy) is 1. The summed E-state index contributed by atoms with van der Waals surface area (Å²) in [5.74, 6) is 0.530. The van der Waals surface area contributed by atoms with E-state index in [1.165, 1.54) is 0 Å². The molecule has 124 valence electrons. The van der Waals surface area contributed by atoms with Gasteiger partial charge < -0.3 is 14.5 Å². The number of methoxy groups -OCH3 is 1. The molecule has 0 saturated carbocycles. The van der Waals surface area contributed by atoms with Gasteiger partial charge in [0, 0.05) is 25.6 Å². The lowest BCUT2D eigenvalue weighted by atomic mass is 10.0. The second-order valence-corrected chi connectivity index (χ2v) is 5.66. The van der Waals surface area contributed by atoms with Gasteiger partial charge in [0.1, 0.15) is 5.69 Å². The molecule has 24 heavy (non-hydrogen) atoms. The van der Waals surface area contributed by atoms with Crippen LogP contribution in [0.15, 0.2) is 47.1 Å². The topological polar surface area (TPSA) is 64.4 Å². The third-order valence-corrected chi connectivity index (χ3v) is 3.79. The van der Waals surface area contributed by atoms with Crippen LogP contribution >= 0.6 is 0 Å². The number of hydrogen-bond donors (Lipinski definition) is 1. The highest BCUT2D eigenvalue weighted by Crippen LogP contribution is 2.26. The number of fused-ring (bicyclic) bond motifs is 1. The maximum atomic E-state index is 12.6. The zero-order chi connectivity index (χ0) is 16.9. The van der Waals surface area contributed by atoms with Crippen LogP contribution in [0.4, 0.5) is 0 Å². The van der Waals surface area contributed by atoms with Crippen molar-refractivity contribution in [1.29, 1.82) is 0 Å². The Bertz CT molecular complexity index is 841. The number of pyridine rings is 1. The summed E-state index contributed by atoms with van der Waals surface area (Å²) >= 11 is 0. The van der Waals surface area contributed by atoms with Crippen LogP contribution in [0.5, 0.6) is 0 Å². The standard InChI is InChI=1S/C19H20N2O3/c1-13-6-7-16-14(11-13)15(19(22)20-8-4-9-23-2)12-17(21-16)18-5-3-10-24-18/h3,5-7,10-12H,4,8-9H2,1-2H3,(H,20,22). The molecule has 0 aliphatic carbocycles. The van der Waals surface area contributed by atoms with Crippen molar-refractivity contribution in [2.45, 2.75) is 13.3 Å². The van der Waals surface area contributed by atoms with Gasteiger partial charge in [-0.2, -0.15) is 0 Å². The summed E-state index contributed by atoms with van der Waals surface area (Å²) in [5, 5.41) is 3.78. The summed E-state index contributed by atoms with van der Waals surface area (Å²) in [6, 6.07) is 11.3. The first-order valence-electron chi connectivity index (χ1n) is 7.91. The molecular formula is C19H20N2O3. The van der Waals surface area contributed by atoms with E-state index in [1.807, 2.05) is 31.2 Å². The van der Waals surface area contributed by atoms with E-state index in [0.29, 0.717) is 30.2 Å². The highest BCUT2D eigenvalue weighted by atomic mass is 16.5. The predicted molar refractivity (Wildman–Crippen MR) is 93.0 cm³/mol. The van der Waals surface area contributed by atoms with Crippen LogP contribution in [0.25, 0.3) is 22.4 Å². The highest BCUT2D eigenvalue weighted by Gasteiger charge is 2.15. The number of carbonyl (C=O) groups excluding carboxylic acids is 1. The smallest absolute Gasteiger partial charge is 0.252 e. The van der Waals surface area contributed by atoms with Gasteiger partial charge in [-0.1, -0.05) is 11.6 Å². The summed E-state index contributed by atoms with van der Waals surface area (Å²) in [7, 11) is 1.65. The van der Waals surface area contributed by atoms with Crippen molar-refractivity contribution in [3.63, 3.8) is 0 Å². The largest absolute Gasteiger partial charge is 0.463 e. The number of amides is 1. The van der Waals surface area contributed by atoms with Crippen molar-refractivity contribution >= 4 is 16.8 Å². The number of furan rings is 1. The first-order chi connectivity index (χ1) is 11.7. The summed E-state index contributed by atoms with van der Waals surface area (Å²) in [4.78, 5) is 17.3. The zero-order valence-electron chi connectivity index (χ0n) is 13.8. The predicted octanol–water partition coefficient (Wildman–Crippen LogP) is 3.57. The van der Waals surface area contributed by atoms with Crippen LogP contribution in [-0.2, 0) is 4.74 Å². The fraction of sp³-hybridized carbons (Fsp3) is 0.263. The van der Waals surface area contributed by atoms with Gasteiger partial charge in [-0.3, -0.25) is 4.79 Å². The van der Waals surface area contributed by atoms with Crippen LogP contribution in [0, 0.1) is 6.92 Å². The summed E-state index contributed by atoms with van der Waals surface area (Å²) < 4.78 is 10.4. The second kappa shape index (κ2) is 7.27. The lowest BCUT2D eigenvalue weighted by molar-refractivity contribution is 0.0950. The van der Waals surface area contributed by atoms with Crippen molar-refractivity contribution in [2.75, 3.05) is 20.3 Å². The van der Waals surface area contributed by atoms with Gasteiger partial charge in [0.2, 0.25) is 0 Å². The Morgan fingerprint density at radius 2 is 2.17 bits per heavy atom. The van der Waals surface area contributed by atoms with Crippen LogP contribution < -0.4 is 5.32 Å². The number of nitrogens with zero attached hydrogens (tertiary/aromatic N) is 1. The molecule has 0 aliphatic rings. The third-order valence-electron chi connectivity index (χ3n) is 3.79. The summed E-state index contributed by atoms with van der Waals surface area (Å²) in [6.45, 7) is 3.19. The molecule has 0 aliphatic heterocycles. The summed E-state index contributed by atoms with van der Waals surface area (Å²) in [5.41, 5.74) is 3.12. The van der Waals surface area contributed by atoms with Crippen molar-refractivity contribution in [1.82, 2.24) is 10.3 Å². The number of benzene rings is 1. The van der Waals surface area contributed by atoms with E-state index in [1.54, 1.807) is 25.5 Å². The number of carbonyl (C=O) groups is 1. The van der Waals surface area contributed by atoms with Crippen molar-refractivity contribution < 1.29 is 13.9 Å².